The molecule has 0 spiro atoms. The van der Waals surface area contributed by atoms with Gasteiger partial charge >= 0.3 is 15.5 Å². The Morgan fingerprint density at radius 1 is 1.25 bits per heavy atom. The van der Waals surface area contributed by atoms with Gasteiger partial charge in [-0.15, -0.1) is 0 Å². The quantitative estimate of drug-likeness (QED) is 0.440. The first-order chi connectivity index (χ1) is 15.0. The maximum Gasteiger partial charge on any atom is 0.516 e. The number of anilines is 2. The van der Waals surface area contributed by atoms with Gasteiger partial charge in [0.05, 0.1) is 16.9 Å². The van der Waals surface area contributed by atoms with Crippen molar-refractivity contribution < 1.29 is 35.9 Å². The first-order valence-electron chi connectivity index (χ1n) is 8.80. The zero-order valence-corrected chi connectivity index (χ0v) is 16.6. The number of hydrogen-bond acceptors (Lipinski definition) is 7. The highest BCUT2D eigenvalue weighted by Gasteiger charge is 2.46. The summed E-state index contributed by atoms with van der Waals surface area (Å²) in [5.41, 5.74) is -5.42. The Morgan fingerprint density at radius 3 is 2.78 bits per heavy atom. The minimum Gasteiger partial charge on any atom is -0.482 e. The Morgan fingerprint density at radius 2 is 2.03 bits per heavy atom. The van der Waals surface area contributed by atoms with Crippen LogP contribution in [0.25, 0.3) is 11.0 Å². The van der Waals surface area contributed by atoms with Crippen LogP contribution in [0.1, 0.15) is 16.1 Å². The van der Waals surface area contributed by atoms with Crippen LogP contribution in [0.4, 0.5) is 24.5 Å². The number of nitrogens with one attached hydrogen (secondary N) is 4. The SMILES string of the molecule is O=C1COc2ccc(CNC(=O)c3ncnc4c(NS(=O)(=O)C(F)(F)F)c[nH]c34)cc2N1. The topological polar surface area (TPSA) is 155 Å². The number of rotatable bonds is 5. The summed E-state index contributed by atoms with van der Waals surface area (Å²) in [7, 11) is -5.67. The van der Waals surface area contributed by atoms with Crippen molar-refractivity contribution in [2.45, 2.75) is 12.1 Å². The van der Waals surface area contributed by atoms with Crippen molar-refractivity contribution in [1.82, 2.24) is 20.3 Å². The van der Waals surface area contributed by atoms with Crippen LogP contribution in [0.2, 0.25) is 0 Å². The number of carbonyl (C=O) groups excluding carboxylic acids is 2. The Kier molecular flexibility index (Phi) is 5.12. The predicted molar refractivity (Wildman–Crippen MR) is 104 cm³/mol. The molecule has 2 amide bonds. The largest absolute Gasteiger partial charge is 0.516 e. The van der Waals surface area contributed by atoms with Gasteiger partial charge in [0.1, 0.15) is 17.6 Å². The van der Waals surface area contributed by atoms with Gasteiger partial charge in [0, 0.05) is 12.7 Å². The van der Waals surface area contributed by atoms with E-state index in [4.69, 9.17) is 4.74 Å². The predicted octanol–water partition coefficient (Wildman–Crippen LogP) is 1.48. The van der Waals surface area contributed by atoms with Gasteiger partial charge in [-0.25, -0.2) is 9.97 Å². The molecule has 1 aliphatic heterocycles. The summed E-state index contributed by atoms with van der Waals surface area (Å²) in [6, 6.07) is 4.91. The van der Waals surface area contributed by atoms with E-state index in [0.717, 1.165) is 12.5 Å². The smallest absolute Gasteiger partial charge is 0.482 e. The van der Waals surface area contributed by atoms with Crippen molar-refractivity contribution in [3.63, 3.8) is 0 Å². The summed E-state index contributed by atoms with van der Waals surface area (Å²) in [5.74, 6) is -0.523. The molecule has 0 aliphatic carbocycles. The van der Waals surface area contributed by atoms with Crippen LogP contribution in [0.3, 0.4) is 0 Å². The van der Waals surface area contributed by atoms with Crippen LogP contribution < -0.4 is 20.1 Å². The molecule has 4 rings (SSSR count). The molecule has 1 aromatic carbocycles. The van der Waals surface area contributed by atoms with Crippen LogP contribution >= 0.6 is 0 Å². The van der Waals surface area contributed by atoms with Gasteiger partial charge in [-0.05, 0) is 17.7 Å². The van der Waals surface area contributed by atoms with Gasteiger partial charge in [0.25, 0.3) is 11.8 Å². The lowest BCUT2D eigenvalue weighted by Gasteiger charge is -2.18. The molecule has 4 N–H and O–H groups in total. The zero-order chi connectivity index (χ0) is 23.1. The number of carbonyl (C=O) groups is 2. The van der Waals surface area contributed by atoms with Gasteiger partial charge in [0.2, 0.25) is 0 Å². The fourth-order valence-corrected chi connectivity index (χ4v) is 3.46. The van der Waals surface area contributed by atoms with Crippen molar-refractivity contribution in [1.29, 1.82) is 0 Å². The molecule has 0 saturated heterocycles. The van der Waals surface area contributed by atoms with Gasteiger partial charge in [-0.3, -0.25) is 14.3 Å². The molecule has 32 heavy (non-hydrogen) atoms. The van der Waals surface area contributed by atoms with Crippen LogP contribution in [-0.2, 0) is 21.4 Å². The summed E-state index contributed by atoms with van der Waals surface area (Å²) in [4.78, 5) is 34.1. The minimum absolute atomic E-state index is 0.0295. The molecule has 3 heterocycles. The number of nitrogens with zero attached hydrogens (tertiary/aromatic N) is 2. The highest BCUT2D eigenvalue weighted by molar-refractivity contribution is 7.93. The molecule has 168 valence electrons. The van der Waals surface area contributed by atoms with E-state index in [0.29, 0.717) is 17.0 Å². The van der Waals surface area contributed by atoms with E-state index in [9.17, 15) is 31.2 Å². The number of halogens is 3. The maximum atomic E-state index is 12.6. The zero-order valence-electron chi connectivity index (χ0n) is 15.8. The lowest BCUT2D eigenvalue weighted by atomic mass is 10.1. The Hall–Kier alpha value is -3.88. The molecule has 0 bridgehead atoms. The first-order valence-corrected chi connectivity index (χ1v) is 10.3. The summed E-state index contributed by atoms with van der Waals surface area (Å²) in [6.45, 7) is -0.0637. The number of aromatic nitrogens is 3. The average Bonchev–Trinajstić information content (AvgIpc) is 3.13. The molecule has 0 atom stereocenters. The number of benzene rings is 1. The number of fused-ring (bicyclic) bond motifs is 2. The number of sulfonamides is 1. The first kappa shape index (κ1) is 21.4. The second kappa shape index (κ2) is 7.67. The third kappa shape index (κ3) is 4.01. The maximum absolute atomic E-state index is 12.6. The lowest BCUT2D eigenvalue weighted by Crippen LogP contribution is -2.29. The van der Waals surface area contributed by atoms with Gasteiger partial charge in [-0.1, -0.05) is 6.07 Å². The highest BCUT2D eigenvalue weighted by atomic mass is 32.2. The molecule has 2 aromatic heterocycles. The Bertz CT molecular complexity index is 1340. The molecular formula is C17H13F3N6O5S. The Balaban J connectivity index is 1.53. The van der Waals surface area contributed by atoms with Crippen LogP contribution in [0.5, 0.6) is 5.75 Å². The summed E-state index contributed by atoms with van der Waals surface area (Å²) < 4.78 is 67.2. The fraction of sp³-hybridized carbons (Fsp3) is 0.176. The molecule has 15 heteroatoms. The highest BCUT2D eigenvalue weighted by Crippen LogP contribution is 2.30. The van der Waals surface area contributed by atoms with Crippen molar-refractivity contribution in [3.8, 4) is 5.75 Å². The molecule has 3 aromatic rings. The monoisotopic (exact) mass is 470 g/mol. The number of aromatic amines is 1. The third-order valence-electron chi connectivity index (χ3n) is 4.36. The molecule has 0 saturated carbocycles. The normalized spacial score (nSPS) is 13.8. The molecule has 0 unspecified atom stereocenters. The molecule has 0 radical (unpaired) electrons. The molecule has 11 nitrogen and oxygen atoms in total. The summed E-state index contributed by atoms with van der Waals surface area (Å²) >= 11 is 0. The molecule has 1 aliphatic rings. The van der Waals surface area contributed by atoms with E-state index in [2.05, 4.69) is 25.6 Å². The van der Waals surface area contributed by atoms with Crippen LogP contribution in [0, 0.1) is 0 Å². The number of ether oxygens (including phenoxy) is 1. The fourth-order valence-electron chi connectivity index (χ4n) is 2.90. The summed E-state index contributed by atoms with van der Waals surface area (Å²) in [5, 5.41) is 5.22. The number of alkyl halides is 3. The van der Waals surface area contributed by atoms with E-state index < -0.39 is 27.1 Å². The van der Waals surface area contributed by atoms with Gasteiger partial charge < -0.3 is 20.4 Å². The second-order valence-electron chi connectivity index (χ2n) is 6.55. The van der Waals surface area contributed by atoms with E-state index in [1.807, 2.05) is 0 Å². The van der Waals surface area contributed by atoms with Gasteiger partial charge in [0.15, 0.2) is 12.3 Å². The van der Waals surface area contributed by atoms with E-state index in [1.165, 1.54) is 4.72 Å². The number of H-pyrrole nitrogens is 1. The van der Waals surface area contributed by atoms with E-state index in [-0.39, 0.29) is 35.8 Å². The second-order valence-corrected chi connectivity index (χ2v) is 8.22. The van der Waals surface area contributed by atoms with Crippen molar-refractivity contribution in [2.75, 3.05) is 16.6 Å². The van der Waals surface area contributed by atoms with Crippen molar-refractivity contribution >= 4 is 44.2 Å². The van der Waals surface area contributed by atoms with Gasteiger partial charge in [-0.2, -0.15) is 21.6 Å². The summed E-state index contributed by atoms with van der Waals surface area (Å²) in [6.07, 6.45) is 1.85. The number of hydrogen-bond donors (Lipinski definition) is 4. The van der Waals surface area contributed by atoms with E-state index >= 15 is 0 Å². The minimum atomic E-state index is -5.67. The standard InChI is InChI=1S/C17H13F3N6O5S/c18-17(19,20)32(29,30)26-10-5-21-14-13(10)23-7-24-15(14)16(28)22-4-8-1-2-11-9(3-8)25-12(27)6-31-11/h1-3,5,7,21,26H,4,6H2,(H,22,28)(H,25,27). The lowest BCUT2D eigenvalue weighted by molar-refractivity contribution is -0.118. The van der Waals surface area contributed by atoms with Crippen molar-refractivity contribution in [3.05, 3.63) is 42.0 Å². The molecular weight excluding hydrogens is 457 g/mol. The molecule has 0 fully saturated rings. The average molecular weight is 470 g/mol. The van der Waals surface area contributed by atoms with Crippen LogP contribution in [-0.4, -0.2) is 47.3 Å². The van der Waals surface area contributed by atoms with Crippen molar-refractivity contribution in [2.24, 2.45) is 0 Å². The number of amides is 2. The van der Waals surface area contributed by atoms with Crippen LogP contribution in [0.15, 0.2) is 30.7 Å². The third-order valence-corrected chi connectivity index (χ3v) is 5.46. The Labute approximate surface area is 177 Å². The van der Waals surface area contributed by atoms with E-state index in [1.54, 1.807) is 18.2 Å².